The molecule has 1 rings (SSSR count). The molecular weight excluding hydrogens is 258 g/mol. The largest absolute Gasteiger partial charge is 0.508 e. The van der Waals surface area contributed by atoms with Crippen LogP contribution >= 0.6 is 0 Å². The molecule has 112 valence electrons. The number of phenolic OH excluding ortho intramolecular Hbond substituents is 1. The normalized spacial score (nSPS) is 12.3. The van der Waals surface area contributed by atoms with E-state index in [0.717, 1.165) is 12.0 Å². The van der Waals surface area contributed by atoms with Gasteiger partial charge in [-0.25, -0.2) is 0 Å². The van der Waals surface area contributed by atoms with Crippen LogP contribution in [0.15, 0.2) is 24.3 Å². The summed E-state index contributed by atoms with van der Waals surface area (Å²) in [5, 5.41) is 21.6. The van der Waals surface area contributed by atoms with E-state index in [1.807, 2.05) is 0 Å². The highest BCUT2D eigenvalue weighted by molar-refractivity contribution is 5.80. The van der Waals surface area contributed by atoms with Crippen LogP contribution in [0.25, 0.3) is 0 Å². The maximum absolute atomic E-state index is 11.7. The number of rotatable bonds is 10. The van der Waals surface area contributed by atoms with Crippen LogP contribution in [-0.4, -0.2) is 48.9 Å². The zero-order valence-corrected chi connectivity index (χ0v) is 11.8. The first kappa shape index (κ1) is 16.6. The number of ether oxygens (including phenoxy) is 1. The monoisotopic (exact) mass is 281 g/mol. The Hall–Kier alpha value is -1.43. The van der Waals surface area contributed by atoms with Crippen LogP contribution in [0.5, 0.6) is 5.75 Å². The van der Waals surface area contributed by atoms with Crippen LogP contribution in [0.4, 0.5) is 0 Å². The van der Waals surface area contributed by atoms with Crippen LogP contribution in [0.1, 0.15) is 18.4 Å². The van der Waals surface area contributed by atoms with Gasteiger partial charge in [0.05, 0.1) is 12.7 Å². The maximum Gasteiger partial charge on any atom is 0.137 e. The number of carbonyl (C=O) groups is 1. The Morgan fingerprint density at radius 2 is 2.05 bits per heavy atom. The second kappa shape index (κ2) is 9.47. The number of aromatic hydroxyl groups is 1. The SMILES string of the molecule is COCC(O)CNCCCC(=O)Cc1ccc(O)cc1. The summed E-state index contributed by atoms with van der Waals surface area (Å²) in [4.78, 5) is 11.7. The predicted molar refractivity (Wildman–Crippen MR) is 76.8 cm³/mol. The molecule has 0 aliphatic heterocycles. The van der Waals surface area contributed by atoms with Gasteiger partial charge in [0.15, 0.2) is 0 Å². The zero-order valence-electron chi connectivity index (χ0n) is 11.8. The fourth-order valence-electron chi connectivity index (χ4n) is 1.86. The van der Waals surface area contributed by atoms with Crippen LogP contribution in [0.3, 0.4) is 0 Å². The van der Waals surface area contributed by atoms with Crippen molar-refractivity contribution in [2.45, 2.75) is 25.4 Å². The number of aliphatic hydroxyl groups excluding tert-OH is 1. The molecule has 20 heavy (non-hydrogen) atoms. The molecule has 0 amide bonds. The summed E-state index contributed by atoms with van der Waals surface area (Å²) in [6.07, 6.45) is 1.14. The quantitative estimate of drug-likeness (QED) is 0.555. The van der Waals surface area contributed by atoms with Crippen LogP contribution in [0, 0.1) is 0 Å². The van der Waals surface area contributed by atoms with Crippen molar-refractivity contribution in [2.75, 3.05) is 26.8 Å². The highest BCUT2D eigenvalue weighted by Crippen LogP contribution is 2.11. The Bertz CT molecular complexity index is 391. The molecule has 0 spiro atoms. The molecule has 0 aliphatic rings. The summed E-state index contributed by atoms with van der Waals surface area (Å²) >= 11 is 0. The summed E-state index contributed by atoms with van der Waals surface area (Å²) in [5.74, 6) is 0.384. The third kappa shape index (κ3) is 7.23. The molecule has 0 aromatic heterocycles. The number of benzene rings is 1. The summed E-state index contributed by atoms with van der Waals surface area (Å²) in [7, 11) is 1.55. The van der Waals surface area contributed by atoms with Crippen LogP contribution in [0.2, 0.25) is 0 Å². The van der Waals surface area contributed by atoms with E-state index >= 15 is 0 Å². The van der Waals surface area contributed by atoms with E-state index in [0.29, 0.717) is 32.5 Å². The van der Waals surface area contributed by atoms with Crippen LogP contribution in [-0.2, 0) is 16.0 Å². The molecule has 0 fully saturated rings. The first-order valence-electron chi connectivity index (χ1n) is 6.79. The maximum atomic E-state index is 11.7. The molecule has 3 N–H and O–H groups in total. The molecular formula is C15H23NO4. The molecule has 0 heterocycles. The number of phenols is 1. The third-order valence-electron chi connectivity index (χ3n) is 2.89. The highest BCUT2D eigenvalue weighted by atomic mass is 16.5. The molecule has 1 unspecified atom stereocenters. The average molecular weight is 281 g/mol. The number of carbonyl (C=O) groups excluding carboxylic acids is 1. The van der Waals surface area contributed by atoms with Gasteiger partial charge < -0.3 is 20.3 Å². The van der Waals surface area contributed by atoms with E-state index in [1.54, 1.807) is 31.4 Å². The van der Waals surface area contributed by atoms with E-state index in [9.17, 15) is 9.90 Å². The Morgan fingerprint density at radius 3 is 2.70 bits per heavy atom. The van der Waals surface area contributed by atoms with Crippen molar-refractivity contribution in [3.05, 3.63) is 29.8 Å². The van der Waals surface area contributed by atoms with Gasteiger partial charge in [-0.05, 0) is 30.7 Å². The minimum atomic E-state index is -0.507. The second-order valence-corrected chi connectivity index (χ2v) is 4.80. The Balaban J connectivity index is 2.10. The lowest BCUT2D eigenvalue weighted by Crippen LogP contribution is -2.30. The number of Topliss-reactive ketones (excluding diaryl/α,β-unsaturated/α-hetero) is 1. The molecule has 0 aliphatic carbocycles. The lowest BCUT2D eigenvalue weighted by molar-refractivity contribution is -0.118. The zero-order chi connectivity index (χ0) is 14.8. The number of ketones is 1. The lowest BCUT2D eigenvalue weighted by atomic mass is 10.1. The van der Waals surface area contributed by atoms with Crippen molar-refractivity contribution in [2.24, 2.45) is 0 Å². The minimum Gasteiger partial charge on any atom is -0.508 e. The molecule has 5 heteroatoms. The van der Waals surface area contributed by atoms with Crippen molar-refractivity contribution in [1.82, 2.24) is 5.32 Å². The first-order chi connectivity index (χ1) is 9.61. The van der Waals surface area contributed by atoms with Crippen molar-refractivity contribution in [3.63, 3.8) is 0 Å². The molecule has 1 atom stereocenters. The first-order valence-corrected chi connectivity index (χ1v) is 6.79. The lowest BCUT2D eigenvalue weighted by Gasteiger charge is -2.10. The van der Waals surface area contributed by atoms with Gasteiger partial charge in [-0.1, -0.05) is 12.1 Å². The van der Waals surface area contributed by atoms with E-state index in [4.69, 9.17) is 9.84 Å². The summed E-state index contributed by atoms with van der Waals surface area (Å²) in [6, 6.07) is 6.68. The van der Waals surface area contributed by atoms with Crippen molar-refractivity contribution in [1.29, 1.82) is 0 Å². The van der Waals surface area contributed by atoms with E-state index < -0.39 is 6.10 Å². The topological polar surface area (TPSA) is 78.8 Å². The fraction of sp³-hybridized carbons (Fsp3) is 0.533. The number of nitrogens with one attached hydrogen (secondary N) is 1. The van der Waals surface area contributed by atoms with Crippen LogP contribution < -0.4 is 5.32 Å². The average Bonchev–Trinajstić information content (AvgIpc) is 2.41. The van der Waals surface area contributed by atoms with E-state index in [1.165, 1.54) is 0 Å². The number of hydrogen-bond acceptors (Lipinski definition) is 5. The molecule has 0 radical (unpaired) electrons. The molecule has 1 aromatic carbocycles. The smallest absolute Gasteiger partial charge is 0.137 e. The van der Waals surface area contributed by atoms with Gasteiger partial charge in [0.1, 0.15) is 11.5 Å². The summed E-state index contributed by atoms with van der Waals surface area (Å²) in [5.41, 5.74) is 0.913. The Kier molecular flexibility index (Phi) is 7.87. The van der Waals surface area contributed by atoms with Crippen molar-refractivity contribution < 1.29 is 19.7 Å². The van der Waals surface area contributed by atoms with E-state index in [2.05, 4.69) is 5.32 Å². The summed E-state index contributed by atoms with van der Waals surface area (Å²) < 4.78 is 4.81. The number of methoxy groups -OCH3 is 1. The van der Waals surface area contributed by atoms with Gasteiger partial charge in [0, 0.05) is 26.5 Å². The highest BCUT2D eigenvalue weighted by Gasteiger charge is 2.05. The van der Waals surface area contributed by atoms with E-state index in [-0.39, 0.29) is 11.5 Å². The molecule has 5 nitrogen and oxygen atoms in total. The van der Waals surface area contributed by atoms with Gasteiger partial charge in [0.25, 0.3) is 0 Å². The Morgan fingerprint density at radius 1 is 1.35 bits per heavy atom. The van der Waals surface area contributed by atoms with Gasteiger partial charge in [-0.3, -0.25) is 4.79 Å². The Labute approximate surface area is 119 Å². The molecule has 0 bridgehead atoms. The standard InChI is InChI=1S/C15H23NO4/c1-20-11-15(19)10-16-8-2-3-14(18)9-12-4-6-13(17)7-5-12/h4-7,15-17,19H,2-3,8-11H2,1H3. The fourth-order valence-corrected chi connectivity index (χ4v) is 1.86. The van der Waals surface area contributed by atoms with Gasteiger partial charge in [-0.15, -0.1) is 0 Å². The summed E-state index contributed by atoms with van der Waals surface area (Å²) in [6.45, 7) is 1.48. The van der Waals surface area contributed by atoms with Crippen molar-refractivity contribution >= 4 is 5.78 Å². The molecule has 0 saturated carbocycles. The predicted octanol–water partition coefficient (Wildman–Crippen LogP) is 0.881. The van der Waals surface area contributed by atoms with Crippen molar-refractivity contribution in [3.8, 4) is 5.75 Å². The molecule has 0 saturated heterocycles. The second-order valence-electron chi connectivity index (χ2n) is 4.80. The van der Waals surface area contributed by atoms with Gasteiger partial charge >= 0.3 is 0 Å². The number of hydrogen-bond donors (Lipinski definition) is 3. The third-order valence-corrected chi connectivity index (χ3v) is 2.89. The van der Waals surface area contributed by atoms with Gasteiger partial charge in [-0.2, -0.15) is 0 Å². The minimum absolute atomic E-state index is 0.176. The van der Waals surface area contributed by atoms with Gasteiger partial charge in [0.2, 0.25) is 0 Å². The number of aliphatic hydroxyl groups is 1. The molecule has 1 aromatic rings.